The average molecular weight is 567 g/mol. The molecular formula is C36H46N4O2. The van der Waals surface area contributed by atoms with Gasteiger partial charge in [-0.25, -0.2) is 0 Å². The van der Waals surface area contributed by atoms with Gasteiger partial charge in [-0.2, -0.15) is 0 Å². The van der Waals surface area contributed by atoms with Crippen molar-refractivity contribution in [1.29, 1.82) is 0 Å². The lowest BCUT2D eigenvalue weighted by molar-refractivity contribution is 0.0812. The van der Waals surface area contributed by atoms with E-state index in [9.17, 15) is 0 Å². The van der Waals surface area contributed by atoms with Crippen LogP contribution in [-0.4, -0.2) is 74.3 Å². The Morgan fingerprint density at radius 2 is 1.52 bits per heavy atom. The molecule has 6 rings (SSSR count). The van der Waals surface area contributed by atoms with Crippen LogP contribution in [0.15, 0.2) is 60.7 Å². The normalized spacial score (nSPS) is 17.3. The van der Waals surface area contributed by atoms with Gasteiger partial charge in [-0.3, -0.25) is 9.80 Å². The molecule has 0 saturated carbocycles. The molecule has 3 aromatic carbocycles. The van der Waals surface area contributed by atoms with E-state index in [-0.39, 0.29) is 0 Å². The second kappa shape index (κ2) is 12.4. The summed E-state index contributed by atoms with van der Waals surface area (Å²) in [5.41, 5.74) is 8.93. The molecule has 0 atom stereocenters. The molecule has 0 aliphatic carbocycles. The Morgan fingerprint density at radius 1 is 0.810 bits per heavy atom. The van der Waals surface area contributed by atoms with Crippen molar-refractivity contribution in [2.24, 2.45) is 0 Å². The lowest BCUT2D eigenvalue weighted by Gasteiger charge is -2.43. The van der Waals surface area contributed by atoms with Crippen molar-refractivity contribution < 1.29 is 9.47 Å². The highest BCUT2D eigenvalue weighted by atomic mass is 16.5. The van der Waals surface area contributed by atoms with E-state index in [1.165, 1.54) is 78.0 Å². The van der Waals surface area contributed by atoms with E-state index in [1.54, 1.807) is 14.2 Å². The molecule has 3 heterocycles. The summed E-state index contributed by atoms with van der Waals surface area (Å²) in [5.74, 6) is 1.88. The number of aryl methyl sites for hydroxylation is 1. The molecule has 0 unspecified atom stereocenters. The van der Waals surface area contributed by atoms with Crippen molar-refractivity contribution in [3.8, 4) is 22.8 Å². The van der Waals surface area contributed by atoms with E-state index < -0.39 is 0 Å². The fourth-order valence-electron chi connectivity index (χ4n) is 6.94. The number of methoxy groups -OCH3 is 2. The Labute approximate surface area is 251 Å². The quantitative estimate of drug-likeness (QED) is 0.247. The number of nitrogens with one attached hydrogen (secondary N) is 1. The number of rotatable bonds is 8. The predicted octanol–water partition coefficient (Wildman–Crippen LogP) is 7.07. The summed E-state index contributed by atoms with van der Waals surface area (Å²) in [6.45, 7) is 14.7. The van der Waals surface area contributed by atoms with E-state index in [0.717, 1.165) is 36.7 Å². The molecule has 2 aliphatic rings. The number of nitrogens with zero attached hydrogens (tertiary/aromatic N) is 3. The number of piperazine rings is 1. The van der Waals surface area contributed by atoms with Gasteiger partial charge < -0.3 is 19.4 Å². The topological polar surface area (TPSA) is 44.0 Å². The first kappa shape index (κ1) is 28.6. The van der Waals surface area contributed by atoms with Crippen LogP contribution in [0.2, 0.25) is 0 Å². The van der Waals surface area contributed by atoms with Gasteiger partial charge in [-0.1, -0.05) is 43.7 Å². The van der Waals surface area contributed by atoms with Crippen LogP contribution in [0.5, 0.6) is 11.5 Å². The number of H-pyrrole nitrogens is 1. The number of hydrogen-bond acceptors (Lipinski definition) is 5. The number of aromatic amines is 1. The van der Waals surface area contributed by atoms with E-state index in [1.807, 2.05) is 6.07 Å². The van der Waals surface area contributed by atoms with Crippen molar-refractivity contribution in [1.82, 2.24) is 14.8 Å². The smallest absolute Gasteiger partial charge is 0.161 e. The van der Waals surface area contributed by atoms with Gasteiger partial charge in [0.25, 0.3) is 0 Å². The van der Waals surface area contributed by atoms with Crippen molar-refractivity contribution in [3.63, 3.8) is 0 Å². The van der Waals surface area contributed by atoms with Gasteiger partial charge in [0.05, 0.1) is 19.9 Å². The maximum absolute atomic E-state index is 5.61. The molecule has 1 N–H and O–H groups in total. The standard InChI is InChI=1S/C36H46N4O2/c1-25(2)35-31-23-30(11-12-32(31)37-36(35)28-10-13-33(41-4)34(22-28)42-5)39-16-14-29(15-17-39)40-20-18-38(19-21-40)24-27-8-6-26(3)7-9-27/h6-13,22-23,25,29,37H,14-21,24H2,1-5H3. The van der Waals surface area contributed by atoms with Crippen LogP contribution in [-0.2, 0) is 6.54 Å². The number of aromatic nitrogens is 1. The Balaban J connectivity index is 1.12. The summed E-state index contributed by atoms with van der Waals surface area (Å²) in [6.07, 6.45) is 2.47. The summed E-state index contributed by atoms with van der Waals surface area (Å²) in [7, 11) is 3.37. The minimum absolute atomic E-state index is 0.382. The zero-order chi connectivity index (χ0) is 29.2. The lowest BCUT2D eigenvalue weighted by atomic mass is 9.95. The number of piperidine rings is 1. The van der Waals surface area contributed by atoms with Crippen LogP contribution >= 0.6 is 0 Å². The third-order valence-electron chi connectivity index (χ3n) is 9.35. The Hall–Kier alpha value is -3.48. The van der Waals surface area contributed by atoms with Crippen LogP contribution in [0.3, 0.4) is 0 Å². The van der Waals surface area contributed by atoms with Gasteiger partial charge in [-0.15, -0.1) is 0 Å². The summed E-state index contributed by atoms with van der Waals surface area (Å²) >= 11 is 0. The molecule has 0 amide bonds. The van der Waals surface area contributed by atoms with E-state index in [2.05, 4.69) is 95.1 Å². The molecule has 1 aromatic heterocycles. The summed E-state index contributed by atoms with van der Waals surface area (Å²) in [5, 5.41) is 1.32. The minimum Gasteiger partial charge on any atom is -0.493 e. The van der Waals surface area contributed by atoms with Crippen molar-refractivity contribution in [3.05, 3.63) is 77.4 Å². The number of hydrogen-bond donors (Lipinski definition) is 1. The molecule has 4 aromatic rings. The summed E-state index contributed by atoms with van der Waals surface area (Å²) in [6, 6.07) is 22.9. The molecular weight excluding hydrogens is 520 g/mol. The molecule has 0 bridgehead atoms. The molecule has 2 fully saturated rings. The SMILES string of the molecule is COc1ccc(-c2[nH]c3ccc(N4CCC(N5CCN(Cc6ccc(C)cc6)CC5)CC4)cc3c2C(C)C)cc1OC. The van der Waals surface area contributed by atoms with Gasteiger partial charge in [0, 0.05) is 74.0 Å². The van der Waals surface area contributed by atoms with Crippen molar-refractivity contribution >= 4 is 16.6 Å². The lowest BCUT2D eigenvalue weighted by Crippen LogP contribution is -2.53. The Kier molecular flexibility index (Phi) is 8.45. The fraction of sp³-hybridized carbons (Fsp3) is 0.444. The maximum Gasteiger partial charge on any atom is 0.161 e. The van der Waals surface area contributed by atoms with Crippen LogP contribution in [0.25, 0.3) is 22.2 Å². The van der Waals surface area contributed by atoms with Gasteiger partial charge in [-0.05, 0) is 73.2 Å². The molecule has 6 nitrogen and oxygen atoms in total. The zero-order valence-electron chi connectivity index (χ0n) is 26.0. The molecule has 0 radical (unpaired) electrons. The summed E-state index contributed by atoms with van der Waals surface area (Å²) in [4.78, 5) is 11.7. The molecule has 222 valence electrons. The summed E-state index contributed by atoms with van der Waals surface area (Å²) < 4.78 is 11.1. The van der Waals surface area contributed by atoms with E-state index >= 15 is 0 Å². The van der Waals surface area contributed by atoms with Crippen LogP contribution in [0.4, 0.5) is 5.69 Å². The van der Waals surface area contributed by atoms with Crippen LogP contribution in [0.1, 0.15) is 49.3 Å². The largest absolute Gasteiger partial charge is 0.493 e. The minimum atomic E-state index is 0.382. The molecule has 2 aliphatic heterocycles. The number of ether oxygens (including phenoxy) is 2. The predicted molar refractivity (Wildman–Crippen MR) is 174 cm³/mol. The van der Waals surface area contributed by atoms with Gasteiger partial charge >= 0.3 is 0 Å². The molecule has 2 saturated heterocycles. The van der Waals surface area contributed by atoms with Crippen molar-refractivity contribution in [2.75, 3.05) is 58.4 Å². The van der Waals surface area contributed by atoms with E-state index in [0.29, 0.717) is 12.0 Å². The van der Waals surface area contributed by atoms with Gasteiger partial charge in [0.15, 0.2) is 11.5 Å². The zero-order valence-corrected chi connectivity index (χ0v) is 26.0. The third-order valence-corrected chi connectivity index (χ3v) is 9.35. The Morgan fingerprint density at radius 3 is 2.19 bits per heavy atom. The number of fused-ring (bicyclic) bond motifs is 1. The molecule has 42 heavy (non-hydrogen) atoms. The molecule has 6 heteroatoms. The number of anilines is 1. The third kappa shape index (κ3) is 5.88. The first-order chi connectivity index (χ1) is 20.4. The van der Waals surface area contributed by atoms with Crippen molar-refractivity contribution in [2.45, 2.75) is 52.1 Å². The fourth-order valence-corrected chi connectivity index (χ4v) is 6.94. The van der Waals surface area contributed by atoms with Crippen LogP contribution < -0.4 is 14.4 Å². The van der Waals surface area contributed by atoms with Crippen LogP contribution in [0, 0.1) is 6.92 Å². The maximum atomic E-state index is 5.61. The highest BCUT2D eigenvalue weighted by molar-refractivity contribution is 5.94. The van der Waals surface area contributed by atoms with Gasteiger partial charge in [0.2, 0.25) is 0 Å². The highest BCUT2D eigenvalue weighted by Gasteiger charge is 2.28. The number of benzene rings is 3. The highest BCUT2D eigenvalue weighted by Crippen LogP contribution is 2.40. The second-order valence-electron chi connectivity index (χ2n) is 12.4. The van der Waals surface area contributed by atoms with E-state index in [4.69, 9.17) is 9.47 Å². The first-order valence-electron chi connectivity index (χ1n) is 15.6. The molecule has 0 spiro atoms. The second-order valence-corrected chi connectivity index (χ2v) is 12.4. The average Bonchev–Trinajstić information content (AvgIpc) is 3.41. The monoisotopic (exact) mass is 566 g/mol. The van der Waals surface area contributed by atoms with Gasteiger partial charge in [0.1, 0.15) is 0 Å². The first-order valence-corrected chi connectivity index (χ1v) is 15.6. The Bertz CT molecular complexity index is 1490.